The van der Waals surface area contributed by atoms with E-state index in [1.165, 1.54) is 18.3 Å². The van der Waals surface area contributed by atoms with Crippen LogP contribution in [0.4, 0.5) is 8.78 Å². The van der Waals surface area contributed by atoms with Gasteiger partial charge in [-0.05, 0) is 18.6 Å². The van der Waals surface area contributed by atoms with Gasteiger partial charge in [0.25, 0.3) is 12.3 Å². The Balaban J connectivity index is 2.73. The van der Waals surface area contributed by atoms with Crippen molar-refractivity contribution in [3.05, 3.63) is 24.0 Å². The molecule has 1 atom stereocenters. The second kappa shape index (κ2) is 7.62. The fourth-order valence-electron chi connectivity index (χ4n) is 1.83. The number of hydrogen-bond acceptors (Lipinski definition) is 2. The van der Waals surface area contributed by atoms with Crippen molar-refractivity contribution in [1.82, 2.24) is 9.88 Å². The molecule has 1 amide bonds. The van der Waals surface area contributed by atoms with Gasteiger partial charge in [0.1, 0.15) is 11.7 Å². The second-order valence-electron chi connectivity index (χ2n) is 4.44. The molecule has 1 aromatic rings. The number of unbranched alkanes of at least 4 members (excludes halogenated alkanes) is 1. The van der Waals surface area contributed by atoms with E-state index in [0.29, 0.717) is 12.8 Å². The maximum atomic E-state index is 12.4. The highest BCUT2D eigenvalue weighted by atomic mass is 19.3. The molecule has 0 saturated heterocycles. The first-order chi connectivity index (χ1) is 9.45. The van der Waals surface area contributed by atoms with Crippen LogP contribution in [0.3, 0.4) is 0 Å². The van der Waals surface area contributed by atoms with Crippen molar-refractivity contribution in [3.8, 4) is 0 Å². The lowest BCUT2D eigenvalue weighted by Gasteiger charge is -2.15. The van der Waals surface area contributed by atoms with Gasteiger partial charge in [-0.15, -0.1) is 0 Å². The maximum absolute atomic E-state index is 12.4. The topological polar surface area (TPSA) is 71.3 Å². The third kappa shape index (κ3) is 4.64. The third-order valence-corrected chi connectivity index (χ3v) is 2.85. The third-order valence-electron chi connectivity index (χ3n) is 2.85. The molecule has 0 aliphatic heterocycles. The summed E-state index contributed by atoms with van der Waals surface area (Å²) in [6, 6.07) is 1.85. The second-order valence-corrected chi connectivity index (χ2v) is 4.44. The Bertz CT molecular complexity index is 460. The maximum Gasteiger partial charge on any atom is 0.326 e. The van der Waals surface area contributed by atoms with Crippen molar-refractivity contribution < 1.29 is 23.5 Å². The summed E-state index contributed by atoms with van der Waals surface area (Å²) >= 11 is 0. The molecule has 2 N–H and O–H groups in total. The van der Waals surface area contributed by atoms with Crippen LogP contribution in [0.1, 0.15) is 36.7 Å². The van der Waals surface area contributed by atoms with Crippen LogP contribution in [0.5, 0.6) is 0 Å². The highest BCUT2D eigenvalue weighted by Gasteiger charge is 2.22. The molecule has 5 nitrogen and oxygen atoms in total. The first kappa shape index (κ1) is 16.1. The number of amides is 1. The Morgan fingerprint density at radius 1 is 1.45 bits per heavy atom. The molecular weight excluding hydrogens is 270 g/mol. The van der Waals surface area contributed by atoms with Gasteiger partial charge < -0.3 is 15.0 Å². The number of aliphatic carboxylic acids is 1. The van der Waals surface area contributed by atoms with E-state index in [1.807, 2.05) is 6.92 Å². The minimum atomic E-state index is -2.58. The van der Waals surface area contributed by atoms with Crippen LogP contribution in [0.2, 0.25) is 0 Å². The van der Waals surface area contributed by atoms with Crippen molar-refractivity contribution in [2.75, 3.05) is 0 Å². The first-order valence-corrected chi connectivity index (χ1v) is 6.42. The van der Waals surface area contributed by atoms with Crippen LogP contribution in [0, 0.1) is 0 Å². The number of carbonyl (C=O) groups is 2. The van der Waals surface area contributed by atoms with E-state index in [-0.39, 0.29) is 5.69 Å². The number of aromatic nitrogens is 1. The molecule has 0 aliphatic carbocycles. The van der Waals surface area contributed by atoms with E-state index in [1.54, 1.807) is 0 Å². The summed E-state index contributed by atoms with van der Waals surface area (Å²) in [6.45, 7) is 1.32. The Kier molecular flexibility index (Phi) is 6.14. The monoisotopic (exact) mass is 288 g/mol. The Hall–Kier alpha value is -1.92. The van der Waals surface area contributed by atoms with E-state index >= 15 is 0 Å². The van der Waals surface area contributed by atoms with Gasteiger partial charge in [-0.25, -0.2) is 13.6 Å². The lowest BCUT2D eigenvalue weighted by atomic mass is 10.1. The van der Waals surface area contributed by atoms with E-state index in [9.17, 15) is 18.4 Å². The van der Waals surface area contributed by atoms with Gasteiger partial charge in [0.15, 0.2) is 0 Å². The van der Waals surface area contributed by atoms with E-state index < -0.39 is 30.9 Å². The van der Waals surface area contributed by atoms with Gasteiger partial charge in [0.05, 0.1) is 6.54 Å². The van der Waals surface area contributed by atoms with Gasteiger partial charge in [0, 0.05) is 6.20 Å². The summed E-state index contributed by atoms with van der Waals surface area (Å²) in [5.41, 5.74) is 0.0352. The predicted octanol–water partition coefficient (Wildman–Crippen LogP) is 2.13. The quantitative estimate of drug-likeness (QED) is 0.769. The fourth-order valence-corrected chi connectivity index (χ4v) is 1.83. The molecule has 112 valence electrons. The zero-order chi connectivity index (χ0) is 15.1. The van der Waals surface area contributed by atoms with E-state index in [0.717, 1.165) is 11.0 Å². The summed E-state index contributed by atoms with van der Waals surface area (Å²) in [5, 5.41) is 11.4. The van der Waals surface area contributed by atoms with Crippen molar-refractivity contribution in [1.29, 1.82) is 0 Å². The number of hydrogen-bond donors (Lipinski definition) is 2. The van der Waals surface area contributed by atoms with Crippen molar-refractivity contribution >= 4 is 11.9 Å². The molecular formula is C13H18F2N2O3. The average Bonchev–Trinajstić information content (AvgIpc) is 2.81. The average molecular weight is 288 g/mol. The Morgan fingerprint density at radius 2 is 2.15 bits per heavy atom. The van der Waals surface area contributed by atoms with E-state index in [4.69, 9.17) is 5.11 Å². The van der Waals surface area contributed by atoms with Crippen LogP contribution in [-0.4, -0.2) is 34.0 Å². The summed E-state index contributed by atoms with van der Waals surface area (Å²) < 4.78 is 25.8. The van der Waals surface area contributed by atoms with Gasteiger partial charge in [-0.2, -0.15) is 0 Å². The molecule has 0 spiro atoms. The van der Waals surface area contributed by atoms with Crippen LogP contribution in [-0.2, 0) is 11.3 Å². The molecule has 1 rings (SSSR count). The minimum Gasteiger partial charge on any atom is -0.480 e. The zero-order valence-corrected chi connectivity index (χ0v) is 11.2. The van der Waals surface area contributed by atoms with E-state index in [2.05, 4.69) is 5.32 Å². The standard InChI is InChI=1S/C13H18F2N2O3/c1-2-3-5-9(13(19)20)16-12(18)10-6-4-7-17(10)8-11(14)15/h4,6-7,9,11H,2-3,5,8H2,1H3,(H,16,18)(H,19,20). The summed E-state index contributed by atoms with van der Waals surface area (Å²) in [4.78, 5) is 23.0. The predicted molar refractivity (Wildman–Crippen MR) is 68.9 cm³/mol. The summed E-state index contributed by atoms with van der Waals surface area (Å²) in [5.74, 6) is -1.78. The number of carboxylic acids is 1. The zero-order valence-electron chi connectivity index (χ0n) is 11.2. The summed E-state index contributed by atoms with van der Waals surface area (Å²) in [6.07, 6.45) is 0.566. The molecule has 20 heavy (non-hydrogen) atoms. The molecule has 0 aliphatic rings. The normalized spacial score (nSPS) is 12.4. The number of carboxylic acid groups (broad SMARTS) is 1. The Morgan fingerprint density at radius 3 is 2.70 bits per heavy atom. The summed E-state index contributed by atoms with van der Waals surface area (Å²) in [7, 11) is 0. The lowest BCUT2D eigenvalue weighted by molar-refractivity contribution is -0.139. The molecule has 0 fully saturated rings. The van der Waals surface area contributed by atoms with Gasteiger partial charge in [-0.3, -0.25) is 4.79 Å². The SMILES string of the molecule is CCCCC(NC(=O)c1cccn1CC(F)F)C(=O)O. The number of carbonyl (C=O) groups excluding carboxylic acids is 1. The minimum absolute atomic E-state index is 0.0352. The molecule has 0 saturated carbocycles. The van der Waals surface area contributed by atoms with Crippen LogP contribution in [0.25, 0.3) is 0 Å². The van der Waals surface area contributed by atoms with Crippen molar-refractivity contribution in [2.24, 2.45) is 0 Å². The molecule has 0 aromatic carbocycles. The number of halogens is 2. The molecule has 1 aromatic heterocycles. The van der Waals surface area contributed by atoms with Gasteiger partial charge >= 0.3 is 5.97 Å². The largest absolute Gasteiger partial charge is 0.480 e. The first-order valence-electron chi connectivity index (χ1n) is 6.42. The van der Waals surface area contributed by atoms with Crippen molar-refractivity contribution in [2.45, 2.75) is 45.2 Å². The number of rotatable bonds is 8. The lowest BCUT2D eigenvalue weighted by Crippen LogP contribution is -2.41. The smallest absolute Gasteiger partial charge is 0.326 e. The van der Waals surface area contributed by atoms with Crippen LogP contribution in [0.15, 0.2) is 18.3 Å². The number of alkyl halides is 2. The van der Waals surface area contributed by atoms with Crippen LogP contribution >= 0.6 is 0 Å². The molecule has 0 radical (unpaired) electrons. The van der Waals surface area contributed by atoms with Crippen molar-refractivity contribution in [3.63, 3.8) is 0 Å². The van der Waals surface area contributed by atoms with Gasteiger partial charge in [-0.1, -0.05) is 19.8 Å². The Labute approximate surface area is 115 Å². The number of nitrogens with one attached hydrogen (secondary N) is 1. The number of nitrogens with zero attached hydrogens (tertiary/aromatic N) is 1. The molecule has 7 heteroatoms. The fraction of sp³-hybridized carbons (Fsp3) is 0.538. The highest BCUT2D eigenvalue weighted by Crippen LogP contribution is 2.08. The molecule has 0 bridgehead atoms. The molecule has 1 heterocycles. The molecule has 1 unspecified atom stereocenters. The van der Waals surface area contributed by atoms with Crippen LogP contribution < -0.4 is 5.32 Å². The van der Waals surface area contributed by atoms with Gasteiger partial charge in [0.2, 0.25) is 0 Å². The highest BCUT2D eigenvalue weighted by molar-refractivity contribution is 5.95.